The standard InChI is InChI=1S/C18H18N4O3S/c1-2-10-21-15(24)12-5-3-4-6-13(12)22-14(23)7-8-18(21,22)16(25)20-17-19-9-11-26-17/h3-6,9,11H,2,7-8,10H2,1H3,(H,19,20,25)/t18-/m1/s1. The summed E-state index contributed by atoms with van der Waals surface area (Å²) in [6.07, 6.45) is 2.76. The molecule has 2 aliphatic rings. The predicted molar refractivity (Wildman–Crippen MR) is 98.0 cm³/mol. The molecule has 0 unspecified atom stereocenters. The van der Waals surface area contributed by atoms with Crippen molar-refractivity contribution in [3.63, 3.8) is 0 Å². The highest BCUT2D eigenvalue weighted by Crippen LogP contribution is 2.45. The zero-order chi connectivity index (χ0) is 18.3. The van der Waals surface area contributed by atoms with Gasteiger partial charge < -0.3 is 4.90 Å². The van der Waals surface area contributed by atoms with E-state index in [9.17, 15) is 14.4 Å². The first-order valence-corrected chi connectivity index (χ1v) is 9.42. The highest BCUT2D eigenvalue weighted by atomic mass is 32.1. The Bertz CT molecular complexity index is 882. The van der Waals surface area contributed by atoms with Crippen molar-refractivity contribution in [3.8, 4) is 0 Å². The highest BCUT2D eigenvalue weighted by Gasteiger charge is 2.60. The van der Waals surface area contributed by atoms with E-state index in [4.69, 9.17) is 0 Å². The van der Waals surface area contributed by atoms with Crippen molar-refractivity contribution >= 4 is 39.9 Å². The minimum atomic E-state index is -1.34. The second-order valence-corrected chi connectivity index (χ2v) is 7.21. The fourth-order valence-corrected chi connectivity index (χ4v) is 4.32. The summed E-state index contributed by atoms with van der Waals surface area (Å²) in [7, 11) is 0. The average molecular weight is 370 g/mol. The number of thiazole rings is 1. The number of para-hydroxylation sites is 1. The van der Waals surface area contributed by atoms with E-state index < -0.39 is 11.6 Å². The molecule has 0 radical (unpaired) electrons. The zero-order valence-electron chi connectivity index (χ0n) is 14.3. The van der Waals surface area contributed by atoms with Crippen LogP contribution in [0.1, 0.15) is 36.5 Å². The number of hydrogen-bond acceptors (Lipinski definition) is 5. The lowest BCUT2D eigenvalue weighted by Crippen LogP contribution is -2.69. The zero-order valence-corrected chi connectivity index (χ0v) is 15.1. The number of benzene rings is 1. The van der Waals surface area contributed by atoms with Crippen LogP contribution in [-0.4, -0.2) is 39.8 Å². The van der Waals surface area contributed by atoms with Gasteiger partial charge in [-0.3, -0.25) is 24.6 Å². The van der Waals surface area contributed by atoms with E-state index in [1.807, 2.05) is 6.92 Å². The minimum Gasteiger partial charge on any atom is -0.307 e. The van der Waals surface area contributed by atoms with Gasteiger partial charge in [0.1, 0.15) is 0 Å². The van der Waals surface area contributed by atoms with Crippen molar-refractivity contribution in [3.05, 3.63) is 41.4 Å². The van der Waals surface area contributed by atoms with Crippen molar-refractivity contribution in [2.24, 2.45) is 0 Å². The third-order valence-corrected chi connectivity index (χ3v) is 5.53. The van der Waals surface area contributed by atoms with Crippen molar-refractivity contribution in [1.29, 1.82) is 0 Å². The van der Waals surface area contributed by atoms with Gasteiger partial charge in [-0.05, 0) is 18.6 Å². The molecule has 0 bridgehead atoms. The third-order valence-electron chi connectivity index (χ3n) is 4.84. The molecule has 1 saturated heterocycles. The predicted octanol–water partition coefficient (Wildman–Crippen LogP) is 2.47. The summed E-state index contributed by atoms with van der Waals surface area (Å²) < 4.78 is 0. The number of amides is 3. The lowest BCUT2D eigenvalue weighted by molar-refractivity contribution is -0.128. The molecule has 1 atom stereocenters. The fourth-order valence-electron chi connectivity index (χ4n) is 3.79. The third kappa shape index (κ3) is 2.25. The lowest BCUT2D eigenvalue weighted by atomic mass is 9.95. The summed E-state index contributed by atoms with van der Waals surface area (Å²) >= 11 is 1.30. The fraction of sp³-hybridized carbons (Fsp3) is 0.333. The second-order valence-electron chi connectivity index (χ2n) is 6.31. The number of carbonyl (C=O) groups is 3. The molecular weight excluding hydrogens is 352 g/mol. The van der Waals surface area contributed by atoms with Gasteiger partial charge in [-0.2, -0.15) is 0 Å². The Kier molecular flexibility index (Phi) is 3.99. The molecule has 3 amide bonds. The van der Waals surface area contributed by atoms with Crippen LogP contribution in [0, 0.1) is 0 Å². The van der Waals surface area contributed by atoms with E-state index in [-0.39, 0.29) is 24.7 Å². The Morgan fingerprint density at radius 2 is 2.15 bits per heavy atom. The first kappa shape index (κ1) is 16.7. The monoisotopic (exact) mass is 370 g/mol. The van der Waals surface area contributed by atoms with E-state index in [1.54, 1.807) is 40.7 Å². The van der Waals surface area contributed by atoms with Gasteiger partial charge in [0, 0.05) is 31.0 Å². The highest BCUT2D eigenvalue weighted by molar-refractivity contribution is 7.13. The van der Waals surface area contributed by atoms with E-state index in [1.165, 1.54) is 16.2 Å². The van der Waals surface area contributed by atoms with Gasteiger partial charge in [0.25, 0.3) is 11.8 Å². The Labute approximate surface area is 154 Å². The maximum Gasteiger partial charge on any atom is 0.273 e. The second kappa shape index (κ2) is 6.21. The maximum absolute atomic E-state index is 13.3. The number of fused-ring (bicyclic) bond motifs is 3. The molecule has 0 spiro atoms. The Hall–Kier alpha value is -2.74. The van der Waals surface area contributed by atoms with Crippen molar-refractivity contribution in [2.45, 2.75) is 31.8 Å². The quantitative estimate of drug-likeness (QED) is 0.896. The summed E-state index contributed by atoms with van der Waals surface area (Å²) in [6.45, 7) is 2.34. The largest absolute Gasteiger partial charge is 0.307 e. The molecular formula is C18H18N4O3S. The number of rotatable bonds is 4. The first-order chi connectivity index (χ1) is 12.6. The van der Waals surface area contributed by atoms with Crippen LogP contribution < -0.4 is 10.2 Å². The molecule has 1 aromatic heterocycles. The van der Waals surface area contributed by atoms with E-state index in [2.05, 4.69) is 10.3 Å². The number of aromatic nitrogens is 1. The molecule has 2 aliphatic heterocycles. The maximum atomic E-state index is 13.3. The van der Waals surface area contributed by atoms with Gasteiger partial charge in [-0.25, -0.2) is 4.98 Å². The van der Waals surface area contributed by atoms with Gasteiger partial charge in [0.05, 0.1) is 11.3 Å². The summed E-state index contributed by atoms with van der Waals surface area (Å²) in [5.74, 6) is -0.766. The van der Waals surface area contributed by atoms with Crippen LogP contribution in [0.15, 0.2) is 35.8 Å². The van der Waals surface area contributed by atoms with Crippen molar-refractivity contribution < 1.29 is 14.4 Å². The molecule has 26 heavy (non-hydrogen) atoms. The number of nitrogens with zero attached hydrogens (tertiary/aromatic N) is 3. The van der Waals surface area contributed by atoms with Gasteiger partial charge in [-0.15, -0.1) is 11.3 Å². The molecule has 1 fully saturated rings. The molecule has 134 valence electrons. The van der Waals surface area contributed by atoms with Crippen LogP contribution in [0.5, 0.6) is 0 Å². The van der Waals surface area contributed by atoms with Crippen LogP contribution in [0.25, 0.3) is 0 Å². The Balaban J connectivity index is 1.87. The van der Waals surface area contributed by atoms with Gasteiger partial charge in [0.15, 0.2) is 5.13 Å². The van der Waals surface area contributed by atoms with Crippen molar-refractivity contribution in [2.75, 3.05) is 16.8 Å². The van der Waals surface area contributed by atoms with Crippen LogP contribution in [0.2, 0.25) is 0 Å². The Morgan fingerprint density at radius 3 is 2.88 bits per heavy atom. The first-order valence-electron chi connectivity index (χ1n) is 8.54. The van der Waals surface area contributed by atoms with Crippen LogP contribution in [0.4, 0.5) is 10.8 Å². The molecule has 1 aromatic carbocycles. The topological polar surface area (TPSA) is 82.6 Å². The number of hydrogen-bond donors (Lipinski definition) is 1. The molecule has 0 aliphatic carbocycles. The normalized spacial score (nSPS) is 21.6. The van der Waals surface area contributed by atoms with E-state index >= 15 is 0 Å². The molecule has 0 saturated carbocycles. The van der Waals surface area contributed by atoms with E-state index in [0.29, 0.717) is 29.3 Å². The lowest BCUT2D eigenvalue weighted by Gasteiger charge is -2.48. The number of anilines is 2. The summed E-state index contributed by atoms with van der Waals surface area (Å²) in [5.41, 5.74) is -0.389. The van der Waals surface area contributed by atoms with Crippen LogP contribution in [-0.2, 0) is 9.59 Å². The molecule has 1 N–H and O–H groups in total. The van der Waals surface area contributed by atoms with E-state index in [0.717, 1.165) is 0 Å². The smallest absolute Gasteiger partial charge is 0.273 e. The van der Waals surface area contributed by atoms with Gasteiger partial charge >= 0.3 is 0 Å². The SMILES string of the molecule is CCCN1C(=O)c2ccccc2N2C(=O)CC[C@@]12C(=O)Nc1nccs1. The summed E-state index contributed by atoms with van der Waals surface area (Å²) in [4.78, 5) is 46.4. The summed E-state index contributed by atoms with van der Waals surface area (Å²) in [5, 5.41) is 5.01. The van der Waals surface area contributed by atoms with Gasteiger partial charge in [-0.1, -0.05) is 19.1 Å². The summed E-state index contributed by atoms with van der Waals surface area (Å²) in [6, 6.07) is 6.97. The molecule has 3 heterocycles. The van der Waals surface area contributed by atoms with Gasteiger partial charge in [0.2, 0.25) is 11.6 Å². The average Bonchev–Trinajstić information content (AvgIpc) is 3.27. The minimum absolute atomic E-state index is 0.152. The molecule has 2 aromatic rings. The molecule has 4 rings (SSSR count). The number of carbonyl (C=O) groups excluding carboxylic acids is 3. The molecule has 7 nitrogen and oxygen atoms in total. The van der Waals surface area contributed by atoms with Crippen LogP contribution in [0.3, 0.4) is 0 Å². The van der Waals surface area contributed by atoms with Crippen molar-refractivity contribution in [1.82, 2.24) is 9.88 Å². The van der Waals surface area contributed by atoms with Crippen LogP contribution >= 0.6 is 11.3 Å². The molecule has 8 heteroatoms. The number of nitrogens with one attached hydrogen (secondary N) is 1. The Morgan fingerprint density at radius 1 is 1.35 bits per heavy atom.